The molecule has 2 N–H and O–H groups in total. The van der Waals surface area contributed by atoms with Crippen LogP contribution in [0.25, 0.3) is 0 Å². The van der Waals surface area contributed by atoms with Gasteiger partial charge in [-0.15, -0.1) is 0 Å². The molecule has 0 aromatic carbocycles. The van der Waals surface area contributed by atoms with E-state index in [4.69, 9.17) is 0 Å². The molecule has 1 aliphatic rings. The quantitative estimate of drug-likeness (QED) is 0.773. The van der Waals surface area contributed by atoms with Gasteiger partial charge in [-0.05, 0) is 30.6 Å². The largest absolute Gasteiger partial charge is 0.396 e. The summed E-state index contributed by atoms with van der Waals surface area (Å²) in [5.41, 5.74) is 0.238. The molecule has 1 saturated carbocycles. The Hall–Kier alpha value is -0.0800. The van der Waals surface area contributed by atoms with Crippen molar-refractivity contribution in [2.45, 2.75) is 78.3 Å². The Balaban J connectivity index is 2.48. The van der Waals surface area contributed by atoms with Gasteiger partial charge in [0.1, 0.15) is 0 Å². The number of hydrogen-bond acceptors (Lipinski definition) is 2. The van der Waals surface area contributed by atoms with Gasteiger partial charge < -0.3 is 10.4 Å². The van der Waals surface area contributed by atoms with E-state index >= 15 is 0 Å². The van der Waals surface area contributed by atoms with E-state index in [1.807, 2.05) is 0 Å². The third-order valence-electron chi connectivity index (χ3n) is 4.26. The molecule has 0 bridgehead atoms. The highest BCUT2D eigenvalue weighted by Crippen LogP contribution is 2.29. The van der Waals surface area contributed by atoms with Crippen molar-refractivity contribution in [3.8, 4) is 0 Å². The van der Waals surface area contributed by atoms with Gasteiger partial charge in [0.25, 0.3) is 0 Å². The van der Waals surface area contributed by atoms with Crippen molar-refractivity contribution in [3.05, 3.63) is 0 Å². The fourth-order valence-corrected chi connectivity index (χ4v) is 2.99. The Bertz CT molecular complexity index is 209. The van der Waals surface area contributed by atoms with Crippen molar-refractivity contribution < 1.29 is 5.11 Å². The van der Waals surface area contributed by atoms with Crippen LogP contribution in [0.2, 0.25) is 0 Å². The van der Waals surface area contributed by atoms with Crippen LogP contribution in [-0.4, -0.2) is 23.8 Å². The Morgan fingerprint density at radius 3 is 2.53 bits per heavy atom. The molecule has 2 heteroatoms. The molecule has 1 rings (SSSR count). The topological polar surface area (TPSA) is 32.3 Å². The zero-order valence-corrected chi connectivity index (χ0v) is 12.1. The van der Waals surface area contributed by atoms with E-state index in [0.29, 0.717) is 18.7 Å². The van der Waals surface area contributed by atoms with E-state index in [0.717, 1.165) is 12.3 Å². The fraction of sp³-hybridized carbons (Fsp3) is 1.00. The molecule has 0 radical (unpaired) electrons. The van der Waals surface area contributed by atoms with Crippen LogP contribution in [-0.2, 0) is 0 Å². The standard InChI is InChI=1S/C15H31NO/c1-5-12-7-6-8-13(11-12)16-14(9-10-17)15(2,3)4/h12-14,16-17H,5-11H2,1-4H3. The maximum atomic E-state index is 9.19. The van der Waals surface area contributed by atoms with Gasteiger partial charge in [-0.1, -0.05) is 47.0 Å². The monoisotopic (exact) mass is 241 g/mol. The first-order valence-electron chi connectivity index (χ1n) is 7.34. The Morgan fingerprint density at radius 1 is 1.29 bits per heavy atom. The van der Waals surface area contributed by atoms with E-state index in [2.05, 4.69) is 33.0 Å². The highest BCUT2D eigenvalue weighted by Gasteiger charge is 2.28. The van der Waals surface area contributed by atoms with Crippen molar-refractivity contribution >= 4 is 0 Å². The molecule has 0 saturated heterocycles. The normalized spacial score (nSPS) is 28.1. The summed E-state index contributed by atoms with van der Waals surface area (Å²) in [6, 6.07) is 1.11. The lowest BCUT2D eigenvalue weighted by atomic mass is 9.80. The van der Waals surface area contributed by atoms with Crippen LogP contribution in [0.1, 0.15) is 66.2 Å². The average Bonchev–Trinajstić information content (AvgIpc) is 2.27. The number of aliphatic hydroxyl groups is 1. The first kappa shape index (κ1) is 15.0. The zero-order valence-electron chi connectivity index (χ0n) is 12.1. The van der Waals surface area contributed by atoms with E-state index in [1.165, 1.54) is 32.1 Å². The zero-order chi connectivity index (χ0) is 12.9. The summed E-state index contributed by atoms with van der Waals surface area (Å²) < 4.78 is 0. The first-order chi connectivity index (χ1) is 7.97. The molecule has 0 aromatic rings. The molecule has 0 spiro atoms. The summed E-state index contributed by atoms with van der Waals surface area (Å²) in [4.78, 5) is 0. The van der Waals surface area contributed by atoms with E-state index in [-0.39, 0.29) is 5.41 Å². The van der Waals surface area contributed by atoms with Gasteiger partial charge in [0.15, 0.2) is 0 Å². The first-order valence-corrected chi connectivity index (χ1v) is 7.34. The lowest BCUT2D eigenvalue weighted by Crippen LogP contribution is -2.47. The maximum absolute atomic E-state index is 9.19. The van der Waals surface area contributed by atoms with Crippen molar-refractivity contribution in [2.24, 2.45) is 11.3 Å². The molecule has 1 fully saturated rings. The molecular weight excluding hydrogens is 210 g/mol. The fourth-order valence-electron chi connectivity index (χ4n) is 2.99. The van der Waals surface area contributed by atoms with E-state index in [1.54, 1.807) is 0 Å². The molecule has 0 aromatic heterocycles. The van der Waals surface area contributed by atoms with Gasteiger partial charge >= 0.3 is 0 Å². The summed E-state index contributed by atoms with van der Waals surface area (Å²) in [5.74, 6) is 0.913. The lowest BCUT2D eigenvalue weighted by molar-refractivity contribution is 0.164. The number of nitrogens with one attached hydrogen (secondary N) is 1. The highest BCUT2D eigenvalue weighted by molar-refractivity contribution is 4.86. The molecule has 0 amide bonds. The minimum atomic E-state index is 0.238. The summed E-state index contributed by atoms with van der Waals surface area (Å²) in [6.45, 7) is 9.39. The van der Waals surface area contributed by atoms with Gasteiger partial charge in [0.05, 0.1) is 0 Å². The number of aliphatic hydroxyl groups excluding tert-OH is 1. The van der Waals surface area contributed by atoms with Gasteiger partial charge in [0.2, 0.25) is 0 Å². The van der Waals surface area contributed by atoms with E-state index < -0.39 is 0 Å². The van der Waals surface area contributed by atoms with E-state index in [9.17, 15) is 5.11 Å². The summed E-state index contributed by atoms with van der Waals surface area (Å²) in [5, 5.41) is 13.0. The van der Waals surface area contributed by atoms with Crippen LogP contribution in [0.5, 0.6) is 0 Å². The summed E-state index contributed by atoms with van der Waals surface area (Å²) >= 11 is 0. The SMILES string of the molecule is CCC1CCCC(NC(CCO)C(C)(C)C)C1. The predicted molar refractivity (Wildman–Crippen MR) is 74.1 cm³/mol. The minimum Gasteiger partial charge on any atom is -0.396 e. The van der Waals surface area contributed by atoms with Crippen molar-refractivity contribution in [3.63, 3.8) is 0 Å². The molecule has 0 aliphatic heterocycles. The molecule has 0 heterocycles. The lowest BCUT2D eigenvalue weighted by Gasteiger charge is -2.38. The average molecular weight is 241 g/mol. The van der Waals surface area contributed by atoms with Crippen LogP contribution < -0.4 is 5.32 Å². The molecule has 102 valence electrons. The molecule has 1 aliphatic carbocycles. The van der Waals surface area contributed by atoms with Gasteiger partial charge in [-0.3, -0.25) is 0 Å². The van der Waals surface area contributed by atoms with Crippen LogP contribution in [0.4, 0.5) is 0 Å². The second-order valence-electron chi connectivity index (χ2n) is 6.74. The molecule has 2 nitrogen and oxygen atoms in total. The second kappa shape index (κ2) is 6.75. The van der Waals surface area contributed by atoms with Crippen LogP contribution in [0.3, 0.4) is 0 Å². The molecule has 17 heavy (non-hydrogen) atoms. The Labute approximate surface area is 107 Å². The Kier molecular flexibility index (Phi) is 5.94. The predicted octanol–water partition coefficient (Wildman–Crippen LogP) is 3.34. The van der Waals surface area contributed by atoms with Crippen molar-refractivity contribution in [2.75, 3.05) is 6.61 Å². The van der Waals surface area contributed by atoms with Gasteiger partial charge in [-0.2, -0.15) is 0 Å². The smallest absolute Gasteiger partial charge is 0.0446 e. The second-order valence-corrected chi connectivity index (χ2v) is 6.74. The summed E-state index contributed by atoms with van der Waals surface area (Å²) in [6.07, 6.45) is 7.61. The third kappa shape index (κ3) is 4.97. The molecule has 3 unspecified atom stereocenters. The highest BCUT2D eigenvalue weighted by atomic mass is 16.3. The maximum Gasteiger partial charge on any atom is 0.0446 e. The van der Waals surface area contributed by atoms with Crippen LogP contribution >= 0.6 is 0 Å². The molecule has 3 atom stereocenters. The minimum absolute atomic E-state index is 0.238. The number of hydrogen-bond donors (Lipinski definition) is 2. The summed E-state index contributed by atoms with van der Waals surface area (Å²) in [7, 11) is 0. The Morgan fingerprint density at radius 2 is 2.00 bits per heavy atom. The van der Waals surface area contributed by atoms with Crippen molar-refractivity contribution in [1.29, 1.82) is 0 Å². The van der Waals surface area contributed by atoms with Gasteiger partial charge in [-0.25, -0.2) is 0 Å². The van der Waals surface area contributed by atoms with Gasteiger partial charge in [0, 0.05) is 18.7 Å². The number of rotatable bonds is 5. The van der Waals surface area contributed by atoms with Crippen LogP contribution in [0.15, 0.2) is 0 Å². The molecular formula is C15H31NO. The third-order valence-corrected chi connectivity index (χ3v) is 4.26. The van der Waals surface area contributed by atoms with Crippen LogP contribution in [0, 0.1) is 11.3 Å². The van der Waals surface area contributed by atoms with Crippen molar-refractivity contribution in [1.82, 2.24) is 5.32 Å².